The third-order valence-electron chi connectivity index (χ3n) is 4.23. The van der Waals surface area contributed by atoms with E-state index in [1.54, 1.807) is 0 Å². The van der Waals surface area contributed by atoms with Gasteiger partial charge in [-0.25, -0.2) is 0 Å². The lowest BCUT2D eigenvalue weighted by atomic mass is 10.0. The second kappa shape index (κ2) is 4.81. The van der Waals surface area contributed by atoms with E-state index in [1.165, 1.54) is 13.1 Å². The maximum absolute atomic E-state index is 6.06. The van der Waals surface area contributed by atoms with Crippen LogP contribution in [0.1, 0.15) is 13.8 Å². The van der Waals surface area contributed by atoms with E-state index in [0.29, 0.717) is 0 Å². The molecule has 1 aromatic carbocycles. The summed E-state index contributed by atoms with van der Waals surface area (Å²) in [5.41, 5.74) is 1.12. The second-order valence-electron chi connectivity index (χ2n) is 5.79. The number of benzene rings is 1. The van der Waals surface area contributed by atoms with Gasteiger partial charge in [0.2, 0.25) is 0 Å². The monoisotopic (exact) mass is 246 g/mol. The minimum absolute atomic E-state index is 0.275. The molecule has 3 atom stereocenters. The van der Waals surface area contributed by atoms with Crippen molar-refractivity contribution in [3.8, 4) is 5.75 Å². The van der Waals surface area contributed by atoms with Crippen LogP contribution in [0.4, 0.5) is 5.69 Å². The summed E-state index contributed by atoms with van der Waals surface area (Å²) >= 11 is 0. The Balaban J connectivity index is 1.60. The maximum atomic E-state index is 6.06. The average Bonchev–Trinajstić information content (AvgIpc) is 2.68. The van der Waals surface area contributed by atoms with E-state index in [9.17, 15) is 0 Å². The number of anilines is 1. The Bertz CT molecular complexity index is 411. The van der Waals surface area contributed by atoms with Crippen molar-refractivity contribution in [1.82, 2.24) is 4.90 Å². The maximum Gasteiger partial charge on any atom is 0.142 e. The summed E-state index contributed by atoms with van der Waals surface area (Å²) in [6.45, 7) is 9.07. The van der Waals surface area contributed by atoms with Crippen molar-refractivity contribution < 1.29 is 4.74 Å². The van der Waals surface area contributed by atoms with Gasteiger partial charge in [0, 0.05) is 19.6 Å². The van der Waals surface area contributed by atoms with Gasteiger partial charge in [-0.1, -0.05) is 26.0 Å². The summed E-state index contributed by atoms with van der Waals surface area (Å²) in [4.78, 5) is 2.54. The quantitative estimate of drug-likeness (QED) is 0.867. The standard InChI is InChI=1S/C15H22N2O/c1-11-8-17(9-12(11)2)10-13-7-16-14-5-3-4-6-15(14)18-13/h3-6,11-13,16H,7-10H2,1-2H3. The Morgan fingerprint density at radius 1 is 1.22 bits per heavy atom. The first-order chi connectivity index (χ1) is 8.72. The molecule has 0 spiro atoms. The molecule has 0 aliphatic carbocycles. The van der Waals surface area contributed by atoms with Crippen LogP contribution in [0.5, 0.6) is 5.75 Å². The SMILES string of the molecule is CC1CN(CC2CNc3ccccc3O2)CC1C. The molecule has 0 aromatic heterocycles. The highest BCUT2D eigenvalue weighted by molar-refractivity contribution is 5.57. The zero-order valence-corrected chi connectivity index (χ0v) is 11.2. The van der Waals surface area contributed by atoms with E-state index in [0.717, 1.165) is 36.4 Å². The Hall–Kier alpha value is -1.22. The van der Waals surface area contributed by atoms with Crippen LogP contribution in [0.25, 0.3) is 0 Å². The normalized spacial score (nSPS) is 31.6. The van der Waals surface area contributed by atoms with Gasteiger partial charge < -0.3 is 10.1 Å². The number of para-hydroxylation sites is 2. The van der Waals surface area contributed by atoms with Gasteiger partial charge in [-0.2, -0.15) is 0 Å². The van der Waals surface area contributed by atoms with Crippen LogP contribution in [0, 0.1) is 11.8 Å². The molecule has 2 heterocycles. The molecule has 98 valence electrons. The molecule has 2 aliphatic rings. The first-order valence-electron chi connectivity index (χ1n) is 6.94. The first kappa shape index (κ1) is 11.8. The van der Waals surface area contributed by atoms with E-state index >= 15 is 0 Å². The fourth-order valence-electron chi connectivity index (χ4n) is 2.95. The lowest BCUT2D eigenvalue weighted by Gasteiger charge is -2.30. The predicted octanol–water partition coefficient (Wildman–Crippen LogP) is 2.45. The minimum Gasteiger partial charge on any atom is -0.485 e. The van der Waals surface area contributed by atoms with E-state index in [2.05, 4.69) is 30.1 Å². The zero-order valence-electron chi connectivity index (χ0n) is 11.2. The summed E-state index contributed by atoms with van der Waals surface area (Å²) < 4.78 is 6.06. The van der Waals surface area contributed by atoms with Crippen LogP contribution < -0.4 is 10.1 Å². The Kier molecular flexibility index (Phi) is 3.16. The van der Waals surface area contributed by atoms with Gasteiger partial charge in [0.05, 0.1) is 12.2 Å². The largest absolute Gasteiger partial charge is 0.485 e. The van der Waals surface area contributed by atoms with Crippen molar-refractivity contribution in [2.75, 3.05) is 31.5 Å². The van der Waals surface area contributed by atoms with Crippen LogP contribution in [0.2, 0.25) is 0 Å². The van der Waals surface area contributed by atoms with Crippen molar-refractivity contribution in [3.63, 3.8) is 0 Å². The summed E-state index contributed by atoms with van der Waals surface area (Å²) in [6, 6.07) is 8.19. The van der Waals surface area contributed by atoms with Crippen LogP contribution in [0.3, 0.4) is 0 Å². The zero-order chi connectivity index (χ0) is 12.5. The van der Waals surface area contributed by atoms with Crippen LogP contribution in [0.15, 0.2) is 24.3 Å². The van der Waals surface area contributed by atoms with E-state index in [4.69, 9.17) is 4.74 Å². The van der Waals surface area contributed by atoms with Gasteiger partial charge in [-0.3, -0.25) is 4.90 Å². The Labute approximate surface area is 109 Å². The molecular formula is C15H22N2O. The van der Waals surface area contributed by atoms with Crippen molar-refractivity contribution >= 4 is 5.69 Å². The highest BCUT2D eigenvalue weighted by Gasteiger charge is 2.29. The molecule has 1 saturated heterocycles. The van der Waals surface area contributed by atoms with Gasteiger partial charge in [0.1, 0.15) is 11.9 Å². The first-order valence-corrected chi connectivity index (χ1v) is 6.94. The highest BCUT2D eigenvalue weighted by atomic mass is 16.5. The molecule has 1 fully saturated rings. The number of hydrogen-bond donors (Lipinski definition) is 1. The molecule has 0 saturated carbocycles. The van der Waals surface area contributed by atoms with Gasteiger partial charge in [-0.05, 0) is 24.0 Å². The smallest absolute Gasteiger partial charge is 0.142 e. The molecule has 1 N–H and O–H groups in total. The van der Waals surface area contributed by atoms with Gasteiger partial charge >= 0.3 is 0 Å². The van der Waals surface area contributed by atoms with Gasteiger partial charge in [-0.15, -0.1) is 0 Å². The number of fused-ring (bicyclic) bond motifs is 1. The lowest BCUT2D eigenvalue weighted by Crippen LogP contribution is -2.41. The molecule has 0 bridgehead atoms. The third kappa shape index (κ3) is 2.32. The molecule has 0 amide bonds. The summed E-state index contributed by atoms with van der Waals surface area (Å²) in [5.74, 6) is 2.62. The average molecular weight is 246 g/mol. The van der Waals surface area contributed by atoms with Crippen molar-refractivity contribution in [1.29, 1.82) is 0 Å². The van der Waals surface area contributed by atoms with E-state index < -0.39 is 0 Å². The summed E-state index contributed by atoms with van der Waals surface area (Å²) in [6.07, 6.45) is 0.275. The van der Waals surface area contributed by atoms with E-state index in [-0.39, 0.29) is 6.10 Å². The lowest BCUT2D eigenvalue weighted by molar-refractivity contribution is 0.148. The minimum atomic E-state index is 0.275. The van der Waals surface area contributed by atoms with Crippen LogP contribution >= 0.6 is 0 Å². The number of rotatable bonds is 2. The number of hydrogen-bond acceptors (Lipinski definition) is 3. The summed E-state index contributed by atoms with van der Waals surface area (Å²) in [5, 5.41) is 3.46. The second-order valence-corrected chi connectivity index (χ2v) is 5.79. The Morgan fingerprint density at radius 2 is 1.94 bits per heavy atom. The topological polar surface area (TPSA) is 24.5 Å². The number of likely N-dealkylation sites (tertiary alicyclic amines) is 1. The number of nitrogens with zero attached hydrogens (tertiary/aromatic N) is 1. The molecule has 0 radical (unpaired) electrons. The summed E-state index contributed by atoms with van der Waals surface area (Å²) in [7, 11) is 0. The molecule has 18 heavy (non-hydrogen) atoms. The van der Waals surface area contributed by atoms with Gasteiger partial charge in [0.15, 0.2) is 0 Å². The molecule has 1 aromatic rings. The fraction of sp³-hybridized carbons (Fsp3) is 0.600. The molecule has 3 rings (SSSR count). The Morgan fingerprint density at radius 3 is 2.72 bits per heavy atom. The molecule has 2 aliphatic heterocycles. The molecule has 3 heteroatoms. The third-order valence-corrected chi connectivity index (χ3v) is 4.23. The molecular weight excluding hydrogens is 224 g/mol. The molecule has 3 unspecified atom stereocenters. The van der Waals surface area contributed by atoms with Crippen LogP contribution in [-0.4, -0.2) is 37.2 Å². The van der Waals surface area contributed by atoms with Crippen molar-refractivity contribution in [2.24, 2.45) is 11.8 Å². The van der Waals surface area contributed by atoms with Crippen LogP contribution in [-0.2, 0) is 0 Å². The number of ether oxygens (including phenoxy) is 1. The van der Waals surface area contributed by atoms with Crippen molar-refractivity contribution in [2.45, 2.75) is 20.0 Å². The van der Waals surface area contributed by atoms with Gasteiger partial charge in [0.25, 0.3) is 0 Å². The van der Waals surface area contributed by atoms with Crippen molar-refractivity contribution in [3.05, 3.63) is 24.3 Å². The highest BCUT2D eigenvalue weighted by Crippen LogP contribution is 2.29. The number of nitrogens with one attached hydrogen (secondary N) is 1. The predicted molar refractivity (Wildman–Crippen MR) is 74.1 cm³/mol. The fourth-order valence-corrected chi connectivity index (χ4v) is 2.95. The van der Waals surface area contributed by atoms with E-state index in [1.807, 2.05) is 18.2 Å². The molecule has 3 nitrogen and oxygen atoms in total.